The highest BCUT2D eigenvalue weighted by atomic mass is 19.1. The van der Waals surface area contributed by atoms with Crippen LogP contribution in [0.25, 0.3) is 0 Å². The number of hydrogen-bond acceptors (Lipinski definition) is 2. The van der Waals surface area contributed by atoms with E-state index in [-0.39, 0.29) is 5.82 Å². The molecule has 0 saturated carbocycles. The Morgan fingerprint density at radius 2 is 1.95 bits per heavy atom. The lowest BCUT2D eigenvalue weighted by Crippen LogP contribution is -2.40. The third-order valence-corrected chi connectivity index (χ3v) is 4.16. The number of fused-ring (bicyclic) bond motifs is 1. The van der Waals surface area contributed by atoms with Gasteiger partial charge >= 0.3 is 0 Å². The minimum Gasteiger partial charge on any atom is -0.368 e. The highest BCUT2D eigenvalue weighted by Crippen LogP contribution is 2.34. The summed E-state index contributed by atoms with van der Waals surface area (Å²) in [5, 5.41) is 0. The van der Waals surface area contributed by atoms with Gasteiger partial charge in [-0.3, -0.25) is 4.79 Å². The van der Waals surface area contributed by atoms with Crippen LogP contribution in [-0.2, 0) is 11.2 Å². The van der Waals surface area contributed by atoms with Crippen molar-refractivity contribution in [2.45, 2.75) is 25.8 Å². The molecule has 2 aromatic rings. The molecule has 3 nitrogen and oxygen atoms in total. The van der Waals surface area contributed by atoms with Crippen molar-refractivity contribution in [1.82, 2.24) is 0 Å². The molecule has 4 heteroatoms. The lowest BCUT2D eigenvalue weighted by Gasteiger charge is -2.36. The summed E-state index contributed by atoms with van der Waals surface area (Å²) < 4.78 is 13.1. The summed E-state index contributed by atoms with van der Waals surface area (Å²) >= 11 is 0. The van der Waals surface area contributed by atoms with E-state index >= 15 is 0 Å². The fourth-order valence-corrected chi connectivity index (χ4v) is 3.17. The largest absolute Gasteiger partial charge is 0.368 e. The van der Waals surface area contributed by atoms with Gasteiger partial charge in [0.2, 0.25) is 5.91 Å². The first-order valence-electron chi connectivity index (χ1n) is 7.47. The van der Waals surface area contributed by atoms with E-state index in [1.165, 1.54) is 23.3 Å². The van der Waals surface area contributed by atoms with Gasteiger partial charge < -0.3 is 10.6 Å². The summed E-state index contributed by atoms with van der Waals surface area (Å²) in [5.74, 6) is -0.735. The lowest BCUT2D eigenvalue weighted by atomic mass is 9.95. The van der Waals surface area contributed by atoms with Gasteiger partial charge in [-0.05, 0) is 49.1 Å². The number of carbonyl (C=O) groups excluding carboxylic acids is 1. The molecule has 3 rings (SSSR count). The first kappa shape index (κ1) is 14.6. The zero-order valence-electron chi connectivity index (χ0n) is 12.6. The number of amides is 1. The van der Waals surface area contributed by atoms with Crippen LogP contribution in [0.1, 0.15) is 29.2 Å². The fourth-order valence-electron chi connectivity index (χ4n) is 3.17. The van der Waals surface area contributed by atoms with Gasteiger partial charge in [-0.15, -0.1) is 0 Å². The molecule has 0 saturated heterocycles. The number of nitrogens with zero attached hydrogens (tertiary/aromatic N) is 1. The quantitative estimate of drug-likeness (QED) is 0.946. The summed E-state index contributed by atoms with van der Waals surface area (Å²) in [5.41, 5.74) is 9.86. The number of benzene rings is 2. The van der Waals surface area contributed by atoms with Crippen molar-refractivity contribution in [2.24, 2.45) is 5.73 Å². The molecule has 2 N–H and O–H groups in total. The summed E-state index contributed by atoms with van der Waals surface area (Å²) in [7, 11) is 0. The van der Waals surface area contributed by atoms with Gasteiger partial charge in [-0.25, -0.2) is 4.39 Å². The molecule has 2 aromatic carbocycles. The number of hydrogen-bond donors (Lipinski definition) is 1. The number of nitrogens with two attached hydrogens (primary N) is 1. The van der Waals surface area contributed by atoms with Crippen LogP contribution in [0.4, 0.5) is 10.1 Å². The average Bonchev–Trinajstić information content (AvgIpc) is 2.49. The van der Waals surface area contributed by atoms with Crippen LogP contribution in [0.3, 0.4) is 0 Å². The van der Waals surface area contributed by atoms with Gasteiger partial charge in [0.1, 0.15) is 11.9 Å². The van der Waals surface area contributed by atoms with Crippen LogP contribution >= 0.6 is 0 Å². The van der Waals surface area contributed by atoms with E-state index in [9.17, 15) is 9.18 Å². The van der Waals surface area contributed by atoms with E-state index in [2.05, 4.69) is 13.0 Å². The van der Waals surface area contributed by atoms with Crippen LogP contribution in [0, 0.1) is 12.7 Å². The summed E-state index contributed by atoms with van der Waals surface area (Å²) in [6.45, 7) is 2.83. The third-order valence-electron chi connectivity index (χ3n) is 4.16. The van der Waals surface area contributed by atoms with Gasteiger partial charge in [0, 0.05) is 12.2 Å². The van der Waals surface area contributed by atoms with Crippen molar-refractivity contribution in [2.75, 3.05) is 11.4 Å². The molecular weight excluding hydrogens is 279 g/mol. The predicted octanol–water partition coefficient (Wildman–Crippen LogP) is 3.11. The second-order valence-corrected chi connectivity index (χ2v) is 5.79. The minimum absolute atomic E-state index is 0.318. The van der Waals surface area contributed by atoms with Crippen LogP contribution in [0.5, 0.6) is 0 Å². The van der Waals surface area contributed by atoms with E-state index in [0.29, 0.717) is 0 Å². The Morgan fingerprint density at radius 1 is 1.23 bits per heavy atom. The van der Waals surface area contributed by atoms with E-state index in [1.54, 1.807) is 12.1 Å². The number of halogens is 1. The second-order valence-electron chi connectivity index (χ2n) is 5.79. The number of aryl methyl sites for hydroxylation is 2. The molecule has 0 aliphatic carbocycles. The Balaban J connectivity index is 2.04. The summed E-state index contributed by atoms with van der Waals surface area (Å²) in [6, 6.07) is 11.7. The average molecular weight is 298 g/mol. The smallest absolute Gasteiger partial charge is 0.244 e. The van der Waals surface area contributed by atoms with E-state index in [0.717, 1.165) is 30.6 Å². The number of rotatable bonds is 3. The lowest BCUT2D eigenvalue weighted by molar-refractivity contribution is -0.119. The molecule has 1 aliphatic rings. The third kappa shape index (κ3) is 2.69. The monoisotopic (exact) mass is 298 g/mol. The van der Waals surface area contributed by atoms with Gasteiger partial charge in [0.25, 0.3) is 0 Å². The maximum absolute atomic E-state index is 13.1. The Bertz CT molecular complexity index is 697. The molecule has 114 valence electrons. The summed E-state index contributed by atoms with van der Waals surface area (Å²) in [4.78, 5) is 14.1. The molecule has 0 fully saturated rings. The molecule has 0 radical (unpaired) electrons. The number of anilines is 1. The topological polar surface area (TPSA) is 46.3 Å². The van der Waals surface area contributed by atoms with Crippen LogP contribution < -0.4 is 10.6 Å². The maximum Gasteiger partial charge on any atom is 0.244 e. The van der Waals surface area contributed by atoms with Gasteiger partial charge in [-0.1, -0.05) is 29.8 Å². The second kappa shape index (κ2) is 5.79. The van der Waals surface area contributed by atoms with Crippen LogP contribution in [0.15, 0.2) is 42.5 Å². The Hall–Kier alpha value is -2.36. The highest BCUT2D eigenvalue weighted by Gasteiger charge is 2.29. The number of carbonyl (C=O) groups is 1. The maximum atomic E-state index is 13.1. The van der Waals surface area contributed by atoms with Gasteiger partial charge in [0.15, 0.2) is 0 Å². The standard InChI is InChI=1S/C18H19FN2O/c1-12-4-9-16-14(11-12)3-2-10-21(16)17(18(20)22)13-5-7-15(19)8-6-13/h4-9,11,17H,2-3,10H2,1H3,(H2,20,22). The molecule has 0 bridgehead atoms. The molecule has 0 spiro atoms. The molecule has 22 heavy (non-hydrogen) atoms. The number of primary amides is 1. The van der Waals surface area contributed by atoms with Gasteiger partial charge in [0.05, 0.1) is 0 Å². The zero-order chi connectivity index (χ0) is 15.7. The molecule has 1 aliphatic heterocycles. The van der Waals surface area contributed by atoms with E-state index in [4.69, 9.17) is 5.73 Å². The molecule has 1 unspecified atom stereocenters. The first-order chi connectivity index (χ1) is 10.6. The van der Waals surface area contributed by atoms with Crippen LogP contribution in [0.2, 0.25) is 0 Å². The van der Waals surface area contributed by atoms with Crippen molar-refractivity contribution in [1.29, 1.82) is 0 Å². The predicted molar refractivity (Wildman–Crippen MR) is 85.2 cm³/mol. The summed E-state index contributed by atoms with van der Waals surface area (Å²) in [6.07, 6.45) is 1.98. The van der Waals surface area contributed by atoms with E-state index in [1.807, 2.05) is 17.0 Å². The fraction of sp³-hybridized carbons (Fsp3) is 0.278. The van der Waals surface area contributed by atoms with Gasteiger partial charge in [-0.2, -0.15) is 0 Å². The van der Waals surface area contributed by atoms with Crippen LogP contribution in [-0.4, -0.2) is 12.5 Å². The SMILES string of the molecule is Cc1ccc2c(c1)CCCN2C(C(N)=O)c1ccc(F)cc1. The Morgan fingerprint density at radius 3 is 2.64 bits per heavy atom. The van der Waals surface area contributed by atoms with Crippen molar-refractivity contribution in [3.05, 3.63) is 65.0 Å². The minimum atomic E-state index is -0.567. The molecule has 1 amide bonds. The van der Waals surface area contributed by atoms with E-state index < -0.39 is 11.9 Å². The Labute approximate surface area is 129 Å². The van der Waals surface area contributed by atoms with Crippen molar-refractivity contribution in [3.8, 4) is 0 Å². The molecule has 1 heterocycles. The van der Waals surface area contributed by atoms with Crippen molar-refractivity contribution >= 4 is 11.6 Å². The molecule has 0 aromatic heterocycles. The Kier molecular flexibility index (Phi) is 3.84. The van der Waals surface area contributed by atoms with Crippen molar-refractivity contribution in [3.63, 3.8) is 0 Å². The van der Waals surface area contributed by atoms with Crippen molar-refractivity contribution < 1.29 is 9.18 Å². The highest BCUT2D eigenvalue weighted by molar-refractivity contribution is 5.85. The molecular formula is C18H19FN2O. The molecule has 1 atom stereocenters. The zero-order valence-corrected chi connectivity index (χ0v) is 12.6. The normalized spacial score (nSPS) is 15.3. The first-order valence-corrected chi connectivity index (χ1v) is 7.47.